The first kappa shape index (κ1) is 10.4. The summed E-state index contributed by atoms with van der Waals surface area (Å²) in [7, 11) is 0. The lowest BCUT2D eigenvalue weighted by molar-refractivity contribution is 0.296. The number of aliphatic hydroxyl groups is 1. The molecule has 0 bridgehead atoms. The molecule has 15 heavy (non-hydrogen) atoms. The van der Waals surface area contributed by atoms with E-state index in [2.05, 4.69) is 15.2 Å². The van der Waals surface area contributed by atoms with Crippen molar-refractivity contribution < 1.29 is 5.11 Å². The van der Waals surface area contributed by atoms with Crippen molar-refractivity contribution in [2.45, 2.75) is 18.4 Å². The fourth-order valence-corrected chi connectivity index (χ4v) is 2.12. The number of hydrogen-bond donors (Lipinski definition) is 1. The largest absolute Gasteiger partial charge is 0.396 e. The van der Waals surface area contributed by atoms with Gasteiger partial charge in [0.25, 0.3) is 0 Å². The van der Waals surface area contributed by atoms with Gasteiger partial charge in [0, 0.05) is 24.8 Å². The predicted octanol–water partition coefficient (Wildman–Crippen LogP) is 0.907. The summed E-state index contributed by atoms with van der Waals surface area (Å²) in [5.41, 5.74) is 0.790. The normalized spacial score (nSPS) is 11.1. The van der Waals surface area contributed by atoms with Crippen molar-refractivity contribution >= 4 is 17.4 Å². The molecule has 0 spiro atoms. The fraction of sp³-hybridized carbons (Fsp3) is 0.444. The molecule has 0 aliphatic rings. The summed E-state index contributed by atoms with van der Waals surface area (Å²) in [6, 6.07) is 0. The quantitative estimate of drug-likeness (QED) is 0.617. The predicted molar refractivity (Wildman–Crippen MR) is 57.9 cm³/mol. The number of rotatable bonds is 4. The summed E-state index contributed by atoms with van der Waals surface area (Å²) in [5, 5.41) is 17.6. The maximum absolute atomic E-state index is 8.69. The molecule has 0 fully saturated rings. The van der Waals surface area contributed by atoms with Gasteiger partial charge in [-0.15, -0.1) is 22.0 Å². The van der Waals surface area contributed by atoms with E-state index >= 15 is 0 Å². The highest BCUT2D eigenvalue weighted by Crippen LogP contribution is 2.20. The van der Waals surface area contributed by atoms with Gasteiger partial charge in [0.2, 0.25) is 0 Å². The highest BCUT2D eigenvalue weighted by atomic mass is 32.2. The fourth-order valence-electron chi connectivity index (χ4n) is 1.25. The third-order valence-corrected chi connectivity index (χ3v) is 3.06. The Hall–Kier alpha value is -1.14. The molecule has 2 heterocycles. The van der Waals surface area contributed by atoms with Gasteiger partial charge in [-0.3, -0.25) is 4.40 Å². The van der Waals surface area contributed by atoms with Gasteiger partial charge in [-0.25, -0.2) is 4.98 Å². The van der Waals surface area contributed by atoms with E-state index in [1.165, 1.54) is 0 Å². The standard InChI is InChI=1S/C9H12N4OS/c1-7-11-12-8-9(15-6-2-5-14)10-3-4-13(7)8/h3-4,14H,2,5-6H2,1H3. The number of hydrogen-bond acceptors (Lipinski definition) is 5. The summed E-state index contributed by atoms with van der Waals surface area (Å²) >= 11 is 1.59. The number of aromatic nitrogens is 4. The molecule has 0 saturated heterocycles. The lowest BCUT2D eigenvalue weighted by atomic mass is 10.5. The smallest absolute Gasteiger partial charge is 0.193 e. The summed E-state index contributed by atoms with van der Waals surface area (Å²) in [6.45, 7) is 2.12. The first-order valence-corrected chi connectivity index (χ1v) is 5.71. The second-order valence-corrected chi connectivity index (χ2v) is 4.18. The van der Waals surface area contributed by atoms with Crippen molar-refractivity contribution in [3.8, 4) is 0 Å². The van der Waals surface area contributed by atoms with Gasteiger partial charge >= 0.3 is 0 Å². The maximum atomic E-state index is 8.69. The number of aliphatic hydroxyl groups excluding tert-OH is 1. The minimum atomic E-state index is 0.210. The summed E-state index contributed by atoms with van der Waals surface area (Å²) in [6.07, 6.45) is 4.35. The van der Waals surface area contributed by atoms with Crippen molar-refractivity contribution in [1.82, 2.24) is 19.6 Å². The van der Waals surface area contributed by atoms with Gasteiger partial charge in [-0.05, 0) is 13.3 Å². The molecule has 0 aliphatic carbocycles. The molecular weight excluding hydrogens is 212 g/mol. The second kappa shape index (κ2) is 4.59. The Morgan fingerprint density at radius 1 is 1.47 bits per heavy atom. The van der Waals surface area contributed by atoms with Crippen LogP contribution in [-0.4, -0.2) is 37.0 Å². The minimum Gasteiger partial charge on any atom is -0.396 e. The Bertz CT molecular complexity index is 456. The van der Waals surface area contributed by atoms with Crippen LogP contribution >= 0.6 is 11.8 Å². The first-order valence-electron chi connectivity index (χ1n) is 4.73. The van der Waals surface area contributed by atoms with E-state index in [0.29, 0.717) is 0 Å². The maximum Gasteiger partial charge on any atom is 0.193 e. The Morgan fingerprint density at radius 3 is 3.13 bits per heavy atom. The van der Waals surface area contributed by atoms with Gasteiger partial charge in [0.1, 0.15) is 10.9 Å². The molecule has 0 atom stereocenters. The van der Waals surface area contributed by atoms with Crippen LogP contribution in [0.2, 0.25) is 0 Å². The molecule has 1 N–H and O–H groups in total. The van der Waals surface area contributed by atoms with Gasteiger partial charge in [0.15, 0.2) is 5.65 Å². The van der Waals surface area contributed by atoms with Crippen LogP contribution in [0.1, 0.15) is 12.2 Å². The highest BCUT2D eigenvalue weighted by molar-refractivity contribution is 7.99. The summed E-state index contributed by atoms with van der Waals surface area (Å²) in [5.74, 6) is 1.70. The topological polar surface area (TPSA) is 63.3 Å². The van der Waals surface area contributed by atoms with E-state index in [1.54, 1.807) is 18.0 Å². The molecular formula is C9H12N4OS. The molecule has 0 aliphatic heterocycles. The zero-order chi connectivity index (χ0) is 10.7. The first-order chi connectivity index (χ1) is 7.33. The monoisotopic (exact) mass is 224 g/mol. The van der Waals surface area contributed by atoms with Crippen molar-refractivity contribution in [2.24, 2.45) is 0 Å². The summed E-state index contributed by atoms with van der Waals surface area (Å²) in [4.78, 5) is 4.25. The highest BCUT2D eigenvalue weighted by Gasteiger charge is 2.07. The number of fused-ring (bicyclic) bond motifs is 1. The lowest BCUT2D eigenvalue weighted by Crippen LogP contribution is -1.93. The molecule has 0 amide bonds. The van der Waals surface area contributed by atoms with Crippen molar-refractivity contribution in [1.29, 1.82) is 0 Å². The van der Waals surface area contributed by atoms with Crippen LogP contribution < -0.4 is 0 Å². The van der Waals surface area contributed by atoms with Gasteiger partial charge in [-0.2, -0.15) is 0 Å². The average Bonchev–Trinajstić information content (AvgIpc) is 2.62. The van der Waals surface area contributed by atoms with Crippen LogP contribution in [0.3, 0.4) is 0 Å². The number of aryl methyl sites for hydroxylation is 1. The van der Waals surface area contributed by atoms with Crippen LogP contribution in [0, 0.1) is 6.92 Å². The molecule has 0 aromatic carbocycles. The van der Waals surface area contributed by atoms with Crippen LogP contribution in [0.4, 0.5) is 0 Å². The zero-order valence-electron chi connectivity index (χ0n) is 8.42. The van der Waals surface area contributed by atoms with E-state index in [4.69, 9.17) is 5.11 Å². The van der Waals surface area contributed by atoms with E-state index in [9.17, 15) is 0 Å². The molecule has 0 unspecified atom stereocenters. The lowest BCUT2D eigenvalue weighted by Gasteiger charge is -2.00. The third-order valence-electron chi connectivity index (χ3n) is 2.01. The van der Waals surface area contributed by atoms with Crippen molar-refractivity contribution in [3.05, 3.63) is 18.2 Å². The van der Waals surface area contributed by atoms with Gasteiger partial charge in [-0.1, -0.05) is 0 Å². The third kappa shape index (κ3) is 2.10. The molecule has 0 saturated carbocycles. The SMILES string of the molecule is Cc1nnc2c(SCCCO)nccn12. The van der Waals surface area contributed by atoms with E-state index in [1.807, 2.05) is 17.5 Å². The Labute approximate surface area is 91.6 Å². The van der Waals surface area contributed by atoms with E-state index < -0.39 is 0 Å². The van der Waals surface area contributed by atoms with Crippen molar-refractivity contribution in [2.75, 3.05) is 12.4 Å². The number of nitrogens with zero attached hydrogens (tertiary/aromatic N) is 4. The molecule has 0 radical (unpaired) electrons. The van der Waals surface area contributed by atoms with Crippen LogP contribution in [0.5, 0.6) is 0 Å². The van der Waals surface area contributed by atoms with Crippen molar-refractivity contribution in [3.63, 3.8) is 0 Å². The van der Waals surface area contributed by atoms with E-state index in [-0.39, 0.29) is 6.61 Å². The van der Waals surface area contributed by atoms with Gasteiger partial charge in [0.05, 0.1) is 0 Å². The molecule has 2 aromatic heterocycles. The Kier molecular flexibility index (Phi) is 3.17. The summed E-state index contributed by atoms with van der Waals surface area (Å²) < 4.78 is 1.91. The Balaban J connectivity index is 2.26. The molecule has 6 heteroatoms. The van der Waals surface area contributed by atoms with Gasteiger partial charge < -0.3 is 5.11 Å². The zero-order valence-corrected chi connectivity index (χ0v) is 9.24. The van der Waals surface area contributed by atoms with Crippen LogP contribution in [0.15, 0.2) is 17.4 Å². The molecule has 2 aromatic rings. The second-order valence-electron chi connectivity index (χ2n) is 3.10. The Morgan fingerprint density at radius 2 is 2.33 bits per heavy atom. The van der Waals surface area contributed by atoms with Crippen LogP contribution in [0.25, 0.3) is 5.65 Å². The molecule has 5 nitrogen and oxygen atoms in total. The number of thioether (sulfide) groups is 1. The average molecular weight is 224 g/mol. The molecule has 80 valence electrons. The van der Waals surface area contributed by atoms with Crippen LogP contribution in [-0.2, 0) is 0 Å². The minimum absolute atomic E-state index is 0.210. The van der Waals surface area contributed by atoms with E-state index in [0.717, 1.165) is 28.7 Å². The molecule has 2 rings (SSSR count).